The van der Waals surface area contributed by atoms with Gasteiger partial charge >= 0.3 is 17.1 Å². The van der Waals surface area contributed by atoms with E-state index in [0.717, 1.165) is 6.42 Å². The van der Waals surface area contributed by atoms with Crippen molar-refractivity contribution in [1.82, 2.24) is 0 Å². The van der Waals surface area contributed by atoms with Crippen molar-refractivity contribution in [3.8, 4) is 11.1 Å². The van der Waals surface area contributed by atoms with Gasteiger partial charge in [0, 0.05) is 0 Å². The van der Waals surface area contributed by atoms with Crippen LogP contribution in [0.3, 0.4) is 0 Å². The number of hydrogen-bond donors (Lipinski definition) is 0. The Labute approximate surface area is 156 Å². The number of hydrogen-bond acceptors (Lipinski definition) is 0. The van der Waals surface area contributed by atoms with E-state index in [2.05, 4.69) is 55.5 Å². The molecule has 0 saturated carbocycles. The molecule has 124 valence electrons. The quantitative estimate of drug-likeness (QED) is 0.365. The Bertz CT molecular complexity index is 713. The Kier molecular flexibility index (Phi) is 7.31. The molecule has 0 radical (unpaired) electrons. The summed E-state index contributed by atoms with van der Waals surface area (Å²) in [6, 6.07) is 25.3. The number of benzene rings is 1. The zero-order chi connectivity index (χ0) is 15.9. The molecule has 0 spiro atoms. The van der Waals surface area contributed by atoms with Gasteiger partial charge in [-0.3, -0.25) is 0 Å². The van der Waals surface area contributed by atoms with Crippen molar-refractivity contribution >= 4 is 6.08 Å². The Balaban J connectivity index is 0.000000300. The minimum Gasteiger partial charge on any atom is -0.214 e. The van der Waals surface area contributed by atoms with Crippen LogP contribution in [0.1, 0.15) is 37.3 Å². The van der Waals surface area contributed by atoms with Crippen LogP contribution in [-0.2, 0) is 23.5 Å². The number of allylic oxidation sites excluding steroid dienone is 1. The number of fused-ring (bicyclic) bond motifs is 1. The first-order valence-electron chi connectivity index (χ1n) is 8.58. The fraction of sp³-hybridized carbons (Fsp3) is 0.217. The van der Waals surface area contributed by atoms with Gasteiger partial charge in [-0.2, -0.15) is 30.3 Å². The van der Waals surface area contributed by atoms with Crippen LogP contribution in [-0.4, -0.2) is 0 Å². The molecule has 0 amide bonds. The van der Waals surface area contributed by atoms with E-state index < -0.39 is 0 Å². The molecule has 0 saturated heterocycles. The van der Waals surface area contributed by atoms with E-state index in [0.29, 0.717) is 0 Å². The Hall–Kier alpha value is -1.82. The topological polar surface area (TPSA) is 0 Å². The van der Waals surface area contributed by atoms with Gasteiger partial charge in [-0.15, -0.1) is 23.8 Å². The Morgan fingerprint density at radius 1 is 1.00 bits per heavy atom. The summed E-state index contributed by atoms with van der Waals surface area (Å²) in [7, 11) is 0. The maximum absolute atomic E-state index is 2.40. The summed E-state index contributed by atoms with van der Waals surface area (Å²) >= 11 is 0. The summed E-state index contributed by atoms with van der Waals surface area (Å²) < 4.78 is 0. The second-order valence-corrected chi connectivity index (χ2v) is 6.09. The molecule has 0 N–H and O–H groups in total. The van der Waals surface area contributed by atoms with E-state index >= 15 is 0 Å². The average Bonchev–Trinajstić information content (AvgIpc) is 3.35. The maximum atomic E-state index is 2.40. The van der Waals surface area contributed by atoms with Crippen molar-refractivity contribution in [3.63, 3.8) is 0 Å². The molecule has 0 bridgehead atoms. The predicted molar refractivity (Wildman–Crippen MR) is 101 cm³/mol. The summed E-state index contributed by atoms with van der Waals surface area (Å²) in [5.41, 5.74) is 7.33. The van der Waals surface area contributed by atoms with Crippen molar-refractivity contribution in [2.24, 2.45) is 0 Å². The molecule has 1 aliphatic carbocycles. The molecular formula is C23H24Fe. The molecule has 4 rings (SSSR count). The van der Waals surface area contributed by atoms with Gasteiger partial charge in [0.25, 0.3) is 0 Å². The van der Waals surface area contributed by atoms with Crippen LogP contribution in [0.5, 0.6) is 0 Å². The van der Waals surface area contributed by atoms with Gasteiger partial charge in [-0.1, -0.05) is 53.8 Å². The van der Waals surface area contributed by atoms with Crippen LogP contribution in [0.25, 0.3) is 17.2 Å². The summed E-state index contributed by atoms with van der Waals surface area (Å²) in [6.07, 6.45) is 7.40. The zero-order valence-corrected chi connectivity index (χ0v) is 15.3. The van der Waals surface area contributed by atoms with E-state index in [1.807, 2.05) is 30.3 Å². The van der Waals surface area contributed by atoms with Crippen LogP contribution in [0.2, 0.25) is 0 Å². The van der Waals surface area contributed by atoms with E-state index in [9.17, 15) is 0 Å². The maximum Gasteiger partial charge on any atom is 2.00 e. The third-order valence-electron chi connectivity index (χ3n) is 4.36. The Morgan fingerprint density at radius 2 is 1.75 bits per heavy atom. The van der Waals surface area contributed by atoms with E-state index in [1.165, 1.54) is 41.5 Å². The average molecular weight is 356 g/mol. The normalized spacial score (nSPS) is 11.8. The smallest absolute Gasteiger partial charge is 0.214 e. The van der Waals surface area contributed by atoms with Gasteiger partial charge in [-0.05, 0) is 19.3 Å². The molecule has 1 aliphatic rings. The monoisotopic (exact) mass is 356 g/mol. The van der Waals surface area contributed by atoms with Gasteiger partial charge in [0.2, 0.25) is 0 Å². The first-order chi connectivity index (χ1) is 11.4. The zero-order valence-electron chi connectivity index (χ0n) is 14.2. The molecular weight excluding hydrogens is 332 g/mol. The van der Waals surface area contributed by atoms with Crippen molar-refractivity contribution < 1.29 is 17.1 Å². The molecule has 3 aromatic carbocycles. The van der Waals surface area contributed by atoms with Gasteiger partial charge in [0.15, 0.2) is 0 Å². The largest absolute Gasteiger partial charge is 2.00 e. The third kappa shape index (κ3) is 4.60. The second-order valence-electron chi connectivity index (χ2n) is 6.09. The Morgan fingerprint density at radius 3 is 2.38 bits per heavy atom. The first kappa shape index (κ1) is 18.5. The van der Waals surface area contributed by atoms with Crippen molar-refractivity contribution in [2.45, 2.75) is 32.6 Å². The fourth-order valence-electron chi connectivity index (χ4n) is 3.14. The van der Waals surface area contributed by atoms with Gasteiger partial charge in [-0.25, -0.2) is 12.1 Å². The van der Waals surface area contributed by atoms with E-state index in [1.54, 1.807) is 5.57 Å². The summed E-state index contributed by atoms with van der Waals surface area (Å²) in [4.78, 5) is 0. The summed E-state index contributed by atoms with van der Waals surface area (Å²) in [5.74, 6) is 0. The molecule has 0 unspecified atom stereocenters. The van der Waals surface area contributed by atoms with Crippen molar-refractivity contribution in [2.75, 3.05) is 0 Å². The third-order valence-corrected chi connectivity index (χ3v) is 4.36. The number of unbranched alkanes of at least 4 members (excludes halogenated alkanes) is 1. The minimum atomic E-state index is 0. The molecule has 24 heavy (non-hydrogen) atoms. The molecule has 1 heteroatoms. The fourth-order valence-corrected chi connectivity index (χ4v) is 3.14. The van der Waals surface area contributed by atoms with Crippen LogP contribution < -0.4 is 0 Å². The molecule has 3 aromatic rings. The van der Waals surface area contributed by atoms with Crippen molar-refractivity contribution in [3.05, 3.63) is 89.5 Å². The first-order valence-corrected chi connectivity index (χ1v) is 8.58. The van der Waals surface area contributed by atoms with Crippen LogP contribution in [0, 0.1) is 0 Å². The van der Waals surface area contributed by atoms with Crippen LogP contribution in [0.4, 0.5) is 0 Å². The van der Waals surface area contributed by atoms with E-state index in [4.69, 9.17) is 0 Å². The van der Waals surface area contributed by atoms with Gasteiger partial charge in [0.1, 0.15) is 0 Å². The standard InChI is InChI=1S/C18H19.C5H5.Fe/c1-2-3-7-14-12-16-10-6-11-17(18(16)13-14)15-8-4-5-9-15;1-2-4-5-3-1;/h4-6,8-12H,2-3,7,13H2,1H3;1-5H;/q2*-1;+2. The van der Waals surface area contributed by atoms with E-state index in [-0.39, 0.29) is 17.1 Å². The summed E-state index contributed by atoms with van der Waals surface area (Å²) in [6.45, 7) is 2.26. The molecule has 0 aromatic heterocycles. The van der Waals surface area contributed by atoms with Crippen LogP contribution >= 0.6 is 0 Å². The molecule has 0 nitrogen and oxygen atoms in total. The molecule has 0 atom stereocenters. The SMILES string of the molecule is CCCCC1=Cc2cccc(-[c-]3cccc3)c2C1.[Fe+2].c1cc[cH-]c1. The number of rotatable bonds is 4. The predicted octanol–water partition coefficient (Wildman–Crippen LogP) is 6.61. The molecule has 0 fully saturated rings. The van der Waals surface area contributed by atoms with Crippen molar-refractivity contribution in [1.29, 1.82) is 0 Å². The van der Waals surface area contributed by atoms with Gasteiger partial charge < -0.3 is 0 Å². The van der Waals surface area contributed by atoms with Crippen LogP contribution in [0.15, 0.2) is 78.4 Å². The molecule has 0 aliphatic heterocycles. The second kappa shape index (κ2) is 9.47. The minimum absolute atomic E-state index is 0. The summed E-state index contributed by atoms with van der Waals surface area (Å²) in [5, 5.41) is 0. The van der Waals surface area contributed by atoms with Gasteiger partial charge in [0.05, 0.1) is 0 Å². The molecule has 0 heterocycles.